The number of rotatable bonds is 5. The van der Waals surface area contributed by atoms with Crippen molar-refractivity contribution in [1.82, 2.24) is 9.55 Å². The summed E-state index contributed by atoms with van der Waals surface area (Å²) in [7, 11) is 0. The number of hydrogen-bond donors (Lipinski definition) is 1. The number of benzene rings is 1. The molecule has 0 aliphatic rings. The van der Waals surface area contributed by atoms with Crippen LogP contribution in [0.3, 0.4) is 0 Å². The van der Waals surface area contributed by atoms with Gasteiger partial charge in [-0.2, -0.15) is 0 Å². The largest absolute Gasteiger partial charge is 0.492 e. The molecule has 0 amide bonds. The lowest BCUT2D eigenvalue weighted by molar-refractivity contribution is 0.339. The van der Waals surface area contributed by atoms with Crippen LogP contribution in [0.15, 0.2) is 36.8 Å². The maximum absolute atomic E-state index is 5.61. The van der Waals surface area contributed by atoms with Gasteiger partial charge in [-0.3, -0.25) is 4.57 Å². The Morgan fingerprint density at radius 2 is 2.18 bits per heavy atom. The monoisotopic (exact) mass is 231 g/mol. The molecular formula is C13H17N3O. The Bertz CT molecular complexity index is 479. The summed E-state index contributed by atoms with van der Waals surface area (Å²) >= 11 is 0. The van der Waals surface area contributed by atoms with Gasteiger partial charge in [-0.25, -0.2) is 4.98 Å². The van der Waals surface area contributed by atoms with Crippen LogP contribution in [-0.2, 0) is 6.42 Å². The maximum atomic E-state index is 5.61. The van der Waals surface area contributed by atoms with E-state index in [9.17, 15) is 0 Å². The van der Waals surface area contributed by atoms with E-state index in [1.165, 1.54) is 0 Å². The first-order valence-electron chi connectivity index (χ1n) is 5.80. The topological polar surface area (TPSA) is 53.1 Å². The molecule has 0 fully saturated rings. The highest BCUT2D eigenvalue weighted by molar-refractivity contribution is 5.47. The number of imidazole rings is 1. The van der Waals surface area contributed by atoms with Gasteiger partial charge in [0, 0.05) is 18.3 Å². The first-order chi connectivity index (χ1) is 8.36. The highest BCUT2D eigenvalue weighted by Gasteiger charge is 2.08. The van der Waals surface area contributed by atoms with Crippen LogP contribution in [0.4, 0.5) is 0 Å². The molecule has 0 aliphatic carbocycles. The van der Waals surface area contributed by atoms with Crippen molar-refractivity contribution in [2.45, 2.75) is 13.3 Å². The third-order valence-electron chi connectivity index (χ3n) is 2.54. The van der Waals surface area contributed by atoms with Crippen LogP contribution in [0, 0.1) is 0 Å². The molecule has 0 unspecified atom stereocenters. The highest BCUT2D eigenvalue weighted by atomic mass is 16.5. The summed E-state index contributed by atoms with van der Waals surface area (Å²) in [6.07, 6.45) is 4.44. The Labute approximate surface area is 101 Å². The lowest BCUT2D eigenvalue weighted by Crippen LogP contribution is -2.08. The van der Waals surface area contributed by atoms with Gasteiger partial charge in [-0.15, -0.1) is 0 Å². The smallest absolute Gasteiger partial charge is 0.143 e. The normalized spacial score (nSPS) is 10.5. The molecule has 1 heterocycles. The van der Waals surface area contributed by atoms with Crippen LogP contribution < -0.4 is 10.5 Å². The van der Waals surface area contributed by atoms with Crippen LogP contribution in [0.2, 0.25) is 0 Å². The lowest BCUT2D eigenvalue weighted by Gasteiger charge is -2.12. The molecule has 0 bridgehead atoms. The van der Waals surface area contributed by atoms with Gasteiger partial charge in [0.25, 0.3) is 0 Å². The number of para-hydroxylation sites is 2. The van der Waals surface area contributed by atoms with Crippen LogP contribution in [0.1, 0.15) is 12.6 Å². The predicted molar refractivity (Wildman–Crippen MR) is 67.5 cm³/mol. The van der Waals surface area contributed by atoms with E-state index in [4.69, 9.17) is 10.5 Å². The van der Waals surface area contributed by atoms with Crippen molar-refractivity contribution in [1.29, 1.82) is 0 Å². The zero-order chi connectivity index (χ0) is 12.1. The van der Waals surface area contributed by atoms with E-state index in [0.29, 0.717) is 13.2 Å². The van der Waals surface area contributed by atoms with Gasteiger partial charge in [0.15, 0.2) is 0 Å². The maximum Gasteiger partial charge on any atom is 0.143 e. The SMILES string of the molecule is CCOc1ccccc1-n1cncc1CCN. The molecule has 0 saturated heterocycles. The van der Waals surface area contributed by atoms with Gasteiger partial charge in [0.1, 0.15) is 5.75 Å². The average Bonchev–Trinajstić information content (AvgIpc) is 2.79. The molecule has 1 aromatic carbocycles. The Kier molecular flexibility index (Phi) is 3.77. The molecular weight excluding hydrogens is 214 g/mol. The lowest BCUT2D eigenvalue weighted by atomic mass is 10.2. The fourth-order valence-corrected chi connectivity index (χ4v) is 1.81. The van der Waals surface area contributed by atoms with E-state index in [-0.39, 0.29) is 0 Å². The third-order valence-corrected chi connectivity index (χ3v) is 2.54. The Balaban J connectivity index is 2.41. The van der Waals surface area contributed by atoms with Crippen LogP contribution in [-0.4, -0.2) is 22.7 Å². The number of nitrogens with two attached hydrogens (primary N) is 1. The van der Waals surface area contributed by atoms with E-state index in [0.717, 1.165) is 23.6 Å². The molecule has 1 aromatic heterocycles. The van der Waals surface area contributed by atoms with E-state index < -0.39 is 0 Å². The van der Waals surface area contributed by atoms with Crippen molar-refractivity contribution in [3.63, 3.8) is 0 Å². The summed E-state index contributed by atoms with van der Waals surface area (Å²) < 4.78 is 7.64. The Morgan fingerprint density at radius 1 is 1.35 bits per heavy atom. The van der Waals surface area contributed by atoms with E-state index in [2.05, 4.69) is 4.98 Å². The zero-order valence-corrected chi connectivity index (χ0v) is 9.97. The summed E-state index contributed by atoms with van der Waals surface area (Å²) in [4.78, 5) is 4.17. The molecule has 2 N–H and O–H groups in total. The molecule has 2 aromatic rings. The molecule has 4 heteroatoms. The minimum absolute atomic E-state index is 0.614. The standard InChI is InChI=1S/C13H17N3O/c1-2-17-13-6-4-3-5-12(13)16-10-15-9-11(16)7-8-14/h3-6,9-10H,2,7-8,14H2,1H3. The van der Waals surface area contributed by atoms with Crippen LogP contribution in [0.5, 0.6) is 5.75 Å². The van der Waals surface area contributed by atoms with Gasteiger partial charge in [0.2, 0.25) is 0 Å². The van der Waals surface area contributed by atoms with Gasteiger partial charge < -0.3 is 10.5 Å². The quantitative estimate of drug-likeness (QED) is 0.853. The molecule has 0 saturated carbocycles. The molecule has 2 rings (SSSR count). The number of hydrogen-bond acceptors (Lipinski definition) is 3. The third kappa shape index (κ3) is 2.47. The van der Waals surface area contributed by atoms with Crippen molar-refractivity contribution in [3.8, 4) is 11.4 Å². The van der Waals surface area contributed by atoms with Gasteiger partial charge in [-0.05, 0) is 25.6 Å². The second kappa shape index (κ2) is 5.50. The zero-order valence-electron chi connectivity index (χ0n) is 9.97. The molecule has 0 aliphatic heterocycles. The number of aromatic nitrogens is 2. The minimum Gasteiger partial charge on any atom is -0.492 e. The Hall–Kier alpha value is -1.81. The summed E-state index contributed by atoms with van der Waals surface area (Å²) in [5, 5.41) is 0. The fourth-order valence-electron chi connectivity index (χ4n) is 1.81. The first kappa shape index (κ1) is 11.7. The summed E-state index contributed by atoms with van der Waals surface area (Å²) in [6, 6.07) is 7.94. The molecule has 90 valence electrons. The fraction of sp³-hybridized carbons (Fsp3) is 0.308. The van der Waals surface area contributed by atoms with Gasteiger partial charge >= 0.3 is 0 Å². The minimum atomic E-state index is 0.614. The van der Waals surface area contributed by atoms with E-state index in [1.807, 2.05) is 42.0 Å². The molecule has 0 radical (unpaired) electrons. The van der Waals surface area contributed by atoms with Crippen molar-refractivity contribution >= 4 is 0 Å². The summed E-state index contributed by atoms with van der Waals surface area (Å²) in [6.45, 7) is 3.24. The van der Waals surface area contributed by atoms with E-state index in [1.54, 1.807) is 6.33 Å². The highest BCUT2D eigenvalue weighted by Crippen LogP contribution is 2.23. The number of nitrogens with zero attached hydrogens (tertiary/aromatic N) is 2. The summed E-state index contributed by atoms with van der Waals surface area (Å²) in [5.74, 6) is 0.867. The van der Waals surface area contributed by atoms with Gasteiger partial charge in [0.05, 0.1) is 18.6 Å². The molecule has 4 nitrogen and oxygen atoms in total. The van der Waals surface area contributed by atoms with Crippen molar-refractivity contribution in [2.24, 2.45) is 5.73 Å². The van der Waals surface area contributed by atoms with Crippen LogP contribution >= 0.6 is 0 Å². The second-order valence-electron chi connectivity index (χ2n) is 3.69. The number of ether oxygens (including phenoxy) is 1. The average molecular weight is 231 g/mol. The van der Waals surface area contributed by atoms with Gasteiger partial charge in [-0.1, -0.05) is 12.1 Å². The van der Waals surface area contributed by atoms with Crippen molar-refractivity contribution < 1.29 is 4.74 Å². The van der Waals surface area contributed by atoms with Crippen LogP contribution in [0.25, 0.3) is 5.69 Å². The molecule has 0 atom stereocenters. The Morgan fingerprint density at radius 3 is 2.94 bits per heavy atom. The molecule has 17 heavy (non-hydrogen) atoms. The predicted octanol–water partition coefficient (Wildman–Crippen LogP) is 1.77. The van der Waals surface area contributed by atoms with E-state index >= 15 is 0 Å². The van der Waals surface area contributed by atoms with Crippen molar-refractivity contribution in [3.05, 3.63) is 42.5 Å². The summed E-state index contributed by atoms with van der Waals surface area (Å²) in [5.41, 5.74) is 7.70. The van der Waals surface area contributed by atoms with Crippen molar-refractivity contribution in [2.75, 3.05) is 13.2 Å². The molecule has 0 spiro atoms. The first-order valence-corrected chi connectivity index (χ1v) is 5.80. The second-order valence-corrected chi connectivity index (χ2v) is 3.69.